The van der Waals surface area contributed by atoms with E-state index in [1.54, 1.807) is 0 Å². The van der Waals surface area contributed by atoms with E-state index in [2.05, 4.69) is 54.1 Å². The summed E-state index contributed by atoms with van der Waals surface area (Å²) in [5.74, 6) is 7.20. The van der Waals surface area contributed by atoms with Gasteiger partial charge in [-0.1, -0.05) is 37.7 Å². The van der Waals surface area contributed by atoms with Crippen LogP contribution in [0.2, 0.25) is 25.7 Å². The van der Waals surface area contributed by atoms with E-state index in [9.17, 15) is 0 Å². The van der Waals surface area contributed by atoms with Crippen LogP contribution in [0.25, 0.3) is 0 Å². The van der Waals surface area contributed by atoms with Crippen molar-refractivity contribution in [1.29, 1.82) is 0 Å². The molecule has 0 amide bonds. The van der Waals surface area contributed by atoms with Gasteiger partial charge in [-0.2, -0.15) is 0 Å². The summed E-state index contributed by atoms with van der Waals surface area (Å²) in [5, 5.41) is 0. The monoisotopic (exact) mass is 344 g/mol. The Bertz CT molecular complexity index is 398. The van der Waals surface area contributed by atoms with Crippen LogP contribution in [-0.2, 0) is 0 Å². The number of hydrogen-bond donors (Lipinski definition) is 0. The molecule has 0 atom stereocenters. The van der Waals surface area contributed by atoms with Crippen molar-refractivity contribution in [3.05, 3.63) is 27.8 Å². The van der Waals surface area contributed by atoms with E-state index in [0.717, 1.165) is 15.4 Å². The predicted molar refractivity (Wildman–Crippen MR) is 80.6 cm³/mol. The molecule has 0 aliphatic carbocycles. The first kappa shape index (κ1) is 13.6. The third kappa shape index (κ3) is 5.57. The van der Waals surface area contributed by atoms with Gasteiger partial charge in [-0.3, -0.25) is 0 Å². The molecule has 16 heavy (non-hydrogen) atoms. The van der Waals surface area contributed by atoms with Crippen molar-refractivity contribution in [3.8, 4) is 17.6 Å². The quantitative estimate of drug-likeness (QED) is 0.457. The molecule has 0 spiro atoms. The zero-order valence-electron chi connectivity index (χ0n) is 10.0. The van der Waals surface area contributed by atoms with Crippen LogP contribution >= 0.6 is 22.6 Å². The fraction of sp³-hybridized carbons (Fsp3) is 0.385. The summed E-state index contributed by atoms with van der Waals surface area (Å²) in [6.07, 6.45) is 0. The van der Waals surface area contributed by atoms with Crippen molar-refractivity contribution in [2.45, 2.75) is 25.7 Å². The van der Waals surface area contributed by atoms with Crippen molar-refractivity contribution >= 4 is 30.7 Å². The molecule has 0 aliphatic heterocycles. The number of para-hydroxylation sites is 1. The van der Waals surface area contributed by atoms with E-state index in [1.165, 1.54) is 0 Å². The predicted octanol–water partition coefficient (Wildman–Crippen LogP) is 4.01. The normalized spacial score (nSPS) is 10.5. The van der Waals surface area contributed by atoms with Gasteiger partial charge in [-0.15, -0.1) is 5.92 Å². The van der Waals surface area contributed by atoms with Gasteiger partial charge in [0.1, 0.15) is 12.4 Å². The first-order valence-electron chi connectivity index (χ1n) is 5.32. The van der Waals surface area contributed by atoms with Gasteiger partial charge in [0.25, 0.3) is 0 Å². The summed E-state index contributed by atoms with van der Waals surface area (Å²) in [6.45, 7) is 7.46. The van der Waals surface area contributed by atoms with E-state index in [0.29, 0.717) is 6.61 Å². The smallest absolute Gasteiger partial charge is 0.149 e. The summed E-state index contributed by atoms with van der Waals surface area (Å²) in [6, 6.07) is 9.04. The zero-order valence-corrected chi connectivity index (χ0v) is 13.2. The second-order valence-electron chi connectivity index (χ2n) is 4.81. The SMILES string of the molecule is C[Si](C)(C)CC#CCOc1ccccc1I. The first-order valence-corrected chi connectivity index (χ1v) is 10.1. The number of hydrogen-bond acceptors (Lipinski definition) is 1. The molecule has 1 aromatic rings. The van der Waals surface area contributed by atoms with Crippen LogP contribution in [0.15, 0.2) is 24.3 Å². The zero-order chi connectivity index (χ0) is 12.0. The molecule has 0 heterocycles. The average molecular weight is 344 g/mol. The maximum Gasteiger partial charge on any atom is 0.149 e. The molecule has 86 valence electrons. The highest BCUT2D eigenvalue weighted by atomic mass is 127. The highest BCUT2D eigenvalue weighted by Gasteiger charge is 2.09. The lowest BCUT2D eigenvalue weighted by atomic mass is 10.3. The number of ether oxygens (including phenoxy) is 1. The molecule has 1 nitrogen and oxygen atoms in total. The van der Waals surface area contributed by atoms with Crippen LogP contribution in [-0.4, -0.2) is 14.7 Å². The third-order valence-electron chi connectivity index (χ3n) is 1.88. The Labute approximate surface area is 113 Å². The molecule has 0 radical (unpaired) electrons. The maximum atomic E-state index is 5.59. The van der Waals surface area contributed by atoms with Crippen LogP contribution in [0.1, 0.15) is 0 Å². The molecule has 0 saturated carbocycles. The standard InChI is InChI=1S/C13H17IOSi/c1-16(2,3)11-7-6-10-15-13-9-5-4-8-12(13)14/h4-5,8-9H,10-11H2,1-3H3. The Morgan fingerprint density at radius 2 is 1.88 bits per heavy atom. The Morgan fingerprint density at radius 3 is 2.50 bits per heavy atom. The Balaban J connectivity index is 2.39. The van der Waals surface area contributed by atoms with Gasteiger partial charge in [0.2, 0.25) is 0 Å². The van der Waals surface area contributed by atoms with E-state index in [-0.39, 0.29) is 0 Å². The minimum absolute atomic E-state index is 0.491. The third-order valence-corrected chi connectivity index (χ3v) is 4.01. The van der Waals surface area contributed by atoms with Crippen molar-refractivity contribution in [1.82, 2.24) is 0 Å². The van der Waals surface area contributed by atoms with Crippen molar-refractivity contribution < 1.29 is 4.74 Å². The Hall–Kier alpha value is -0.473. The van der Waals surface area contributed by atoms with Crippen molar-refractivity contribution in [2.75, 3.05) is 6.61 Å². The van der Waals surface area contributed by atoms with Gasteiger partial charge in [-0.25, -0.2) is 0 Å². The summed E-state index contributed by atoms with van der Waals surface area (Å²) in [7, 11) is -1.03. The fourth-order valence-corrected chi connectivity index (χ4v) is 2.25. The van der Waals surface area contributed by atoms with Gasteiger partial charge < -0.3 is 4.74 Å². The highest BCUT2D eigenvalue weighted by molar-refractivity contribution is 14.1. The molecule has 0 unspecified atom stereocenters. The number of benzene rings is 1. The van der Waals surface area contributed by atoms with Gasteiger partial charge in [-0.05, 0) is 34.7 Å². The van der Waals surface area contributed by atoms with Gasteiger partial charge in [0, 0.05) is 6.04 Å². The number of rotatable bonds is 3. The topological polar surface area (TPSA) is 9.23 Å². The lowest BCUT2D eigenvalue weighted by Crippen LogP contribution is -2.17. The average Bonchev–Trinajstić information content (AvgIpc) is 2.18. The maximum absolute atomic E-state index is 5.59. The molecule has 0 fully saturated rings. The molecule has 0 bridgehead atoms. The lowest BCUT2D eigenvalue weighted by molar-refractivity contribution is 0.367. The minimum atomic E-state index is -1.03. The molecule has 0 N–H and O–H groups in total. The van der Waals surface area contributed by atoms with Gasteiger partial charge >= 0.3 is 0 Å². The first-order chi connectivity index (χ1) is 7.49. The van der Waals surface area contributed by atoms with Gasteiger partial charge in [0.15, 0.2) is 0 Å². The summed E-state index contributed by atoms with van der Waals surface area (Å²) in [5.41, 5.74) is 0. The Morgan fingerprint density at radius 1 is 1.19 bits per heavy atom. The van der Waals surface area contributed by atoms with Crippen LogP contribution in [0, 0.1) is 15.4 Å². The fourth-order valence-electron chi connectivity index (χ4n) is 1.05. The van der Waals surface area contributed by atoms with E-state index >= 15 is 0 Å². The van der Waals surface area contributed by atoms with Crippen LogP contribution < -0.4 is 4.74 Å². The molecule has 0 saturated heterocycles. The number of halogens is 1. The molecule has 3 heteroatoms. The van der Waals surface area contributed by atoms with Crippen molar-refractivity contribution in [3.63, 3.8) is 0 Å². The molecule has 0 aliphatic rings. The highest BCUT2D eigenvalue weighted by Crippen LogP contribution is 2.19. The van der Waals surface area contributed by atoms with Crippen molar-refractivity contribution in [2.24, 2.45) is 0 Å². The molecular weight excluding hydrogens is 327 g/mol. The largest absolute Gasteiger partial charge is 0.480 e. The molecule has 1 rings (SSSR count). The lowest BCUT2D eigenvalue weighted by Gasteiger charge is -2.09. The summed E-state index contributed by atoms with van der Waals surface area (Å²) < 4.78 is 6.72. The second-order valence-corrected chi connectivity index (χ2v) is 11.4. The molecule has 0 aromatic heterocycles. The molecular formula is C13H17IOSi. The van der Waals surface area contributed by atoms with Crippen LogP contribution in [0.5, 0.6) is 5.75 Å². The molecule has 1 aromatic carbocycles. The van der Waals surface area contributed by atoms with E-state index in [1.807, 2.05) is 24.3 Å². The summed E-state index contributed by atoms with van der Waals surface area (Å²) in [4.78, 5) is 0. The van der Waals surface area contributed by atoms with E-state index in [4.69, 9.17) is 4.74 Å². The van der Waals surface area contributed by atoms with E-state index < -0.39 is 8.07 Å². The summed E-state index contributed by atoms with van der Waals surface area (Å²) >= 11 is 2.27. The minimum Gasteiger partial charge on any atom is -0.480 e. The Kier molecular flexibility index (Phi) is 5.36. The van der Waals surface area contributed by atoms with Gasteiger partial charge in [0.05, 0.1) is 11.6 Å². The second kappa shape index (κ2) is 6.31. The van der Waals surface area contributed by atoms with Crippen LogP contribution in [0.4, 0.5) is 0 Å². The van der Waals surface area contributed by atoms with Crippen LogP contribution in [0.3, 0.4) is 0 Å².